The van der Waals surface area contributed by atoms with Gasteiger partial charge in [-0.25, -0.2) is 4.79 Å². The SMILES string of the molecule is CN(CC(=O)N1CCCC1)c1cc(Br)ccc1C(=O)O. The van der Waals surface area contributed by atoms with Gasteiger partial charge in [-0.15, -0.1) is 0 Å². The monoisotopic (exact) mass is 340 g/mol. The van der Waals surface area contributed by atoms with Gasteiger partial charge in [0.25, 0.3) is 0 Å². The predicted octanol–water partition coefficient (Wildman–Crippen LogP) is 2.21. The lowest BCUT2D eigenvalue weighted by Crippen LogP contribution is -2.37. The second-order valence-corrected chi connectivity index (χ2v) is 5.83. The summed E-state index contributed by atoms with van der Waals surface area (Å²) in [4.78, 5) is 26.9. The van der Waals surface area contributed by atoms with Crippen molar-refractivity contribution in [1.82, 2.24) is 4.90 Å². The van der Waals surface area contributed by atoms with Gasteiger partial charge in [0.05, 0.1) is 17.8 Å². The van der Waals surface area contributed by atoms with Crippen LogP contribution in [0.15, 0.2) is 22.7 Å². The number of amides is 1. The van der Waals surface area contributed by atoms with E-state index >= 15 is 0 Å². The van der Waals surface area contributed by atoms with Crippen LogP contribution in [-0.4, -0.2) is 48.6 Å². The Morgan fingerprint density at radius 3 is 2.60 bits per heavy atom. The maximum atomic E-state index is 12.1. The smallest absolute Gasteiger partial charge is 0.337 e. The molecule has 1 aliphatic rings. The summed E-state index contributed by atoms with van der Waals surface area (Å²) >= 11 is 3.33. The number of aromatic carboxylic acids is 1. The molecule has 2 rings (SSSR count). The zero-order chi connectivity index (χ0) is 14.7. The fraction of sp³-hybridized carbons (Fsp3) is 0.429. The summed E-state index contributed by atoms with van der Waals surface area (Å²) in [5.41, 5.74) is 0.740. The van der Waals surface area contributed by atoms with Crippen LogP contribution in [0.1, 0.15) is 23.2 Å². The van der Waals surface area contributed by atoms with Gasteiger partial charge < -0.3 is 14.9 Å². The van der Waals surface area contributed by atoms with Crippen molar-refractivity contribution in [2.75, 3.05) is 31.6 Å². The minimum absolute atomic E-state index is 0.0429. The normalized spacial score (nSPS) is 14.4. The van der Waals surface area contributed by atoms with Gasteiger partial charge in [-0.1, -0.05) is 15.9 Å². The first kappa shape index (κ1) is 14.8. The molecule has 0 radical (unpaired) electrons. The maximum absolute atomic E-state index is 12.1. The molecule has 0 atom stereocenters. The fourth-order valence-electron chi connectivity index (χ4n) is 2.36. The molecule has 1 amide bonds. The number of carbonyl (C=O) groups excluding carboxylic acids is 1. The number of rotatable bonds is 4. The summed E-state index contributed by atoms with van der Waals surface area (Å²) in [5, 5.41) is 9.21. The third-order valence-corrected chi connectivity index (χ3v) is 3.93. The summed E-state index contributed by atoms with van der Waals surface area (Å²) in [6.45, 7) is 1.80. The van der Waals surface area contributed by atoms with Gasteiger partial charge in [-0.2, -0.15) is 0 Å². The molecule has 0 bridgehead atoms. The number of likely N-dealkylation sites (N-methyl/N-ethyl adjacent to an activating group) is 1. The van der Waals surface area contributed by atoms with E-state index in [1.807, 2.05) is 4.90 Å². The van der Waals surface area contributed by atoms with E-state index in [2.05, 4.69) is 15.9 Å². The lowest BCUT2D eigenvalue weighted by molar-refractivity contribution is -0.128. The van der Waals surface area contributed by atoms with Crippen LogP contribution < -0.4 is 4.90 Å². The Hall–Kier alpha value is -1.56. The van der Waals surface area contributed by atoms with Crippen LogP contribution in [0.25, 0.3) is 0 Å². The number of hydrogen-bond acceptors (Lipinski definition) is 3. The van der Waals surface area contributed by atoms with E-state index in [0.29, 0.717) is 5.69 Å². The molecule has 0 aliphatic carbocycles. The van der Waals surface area contributed by atoms with Crippen LogP contribution in [0, 0.1) is 0 Å². The highest BCUT2D eigenvalue weighted by Crippen LogP contribution is 2.24. The third kappa shape index (κ3) is 3.30. The molecule has 0 saturated carbocycles. The highest BCUT2D eigenvalue weighted by Gasteiger charge is 2.21. The summed E-state index contributed by atoms with van der Waals surface area (Å²) in [6.07, 6.45) is 2.10. The molecule has 1 fully saturated rings. The second kappa shape index (κ2) is 6.26. The van der Waals surface area contributed by atoms with Gasteiger partial charge in [0.1, 0.15) is 0 Å². The minimum atomic E-state index is -0.993. The Bertz CT molecular complexity index is 527. The third-order valence-electron chi connectivity index (χ3n) is 3.43. The zero-order valence-electron chi connectivity index (χ0n) is 11.3. The average molecular weight is 341 g/mol. The van der Waals surface area contributed by atoms with Crippen LogP contribution in [0.4, 0.5) is 5.69 Å². The van der Waals surface area contributed by atoms with E-state index in [1.165, 1.54) is 0 Å². The Balaban J connectivity index is 2.15. The quantitative estimate of drug-likeness (QED) is 0.912. The second-order valence-electron chi connectivity index (χ2n) is 4.91. The van der Waals surface area contributed by atoms with E-state index in [9.17, 15) is 14.7 Å². The molecule has 1 saturated heterocycles. The Kier molecular flexibility index (Phi) is 4.65. The van der Waals surface area contributed by atoms with Crippen molar-refractivity contribution < 1.29 is 14.7 Å². The number of hydrogen-bond donors (Lipinski definition) is 1. The first-order valence-electron chi connectivity index (χ1n) is 6.51. The van der Waals surface area contributed by atoms with Crippen molar-refractivity contribution in [3.63, 3.8) is 0 Å². The first-order chi connectivity index (χ1) is 9.49. The minimum Gasteiger partial charge on any atom is -0.478 e. The molecule has 1 aliphatic heterocycles. The molecule has 1 heterocycles. The number of likely N-dealkylation sites (tertiary alicyclic amines) is 1. The molecule has 108 valence electrons. The topological polar surface area (TPSA) is 60.9 Å². The molecule has 6 heteroatoms. The van der Waals surface area contributed by atoms with Crippen LogP contribution in [0.3, 0.4) is 0 Å². The van der Waals surface area contributed by atoms with Crippen molar-refractivity contribution >= 4 is 33.5 Å². The first-order valence-corrected chi connectivity index (χ1v) is 7.30. The summed E-state index contributed by atoms with van der Waals surface area (Å²) < 4.78 is 0.790. The van der Waals surface area contributed by atoms with Crippen molar-refractivity contribution in [2.45, 2.75) is 12.8 Å². The average Bonchev–Trinajstić information content (AvgIpc) is 2.92. The molecule has 20 heavy (non-hydrogen) atoms. The lowest BCUT2D eigenvalue weighted by Gasteiger charge is -2.24. The van der Waals surface area contributed by atoms with Crippen LogP contribution >= 0.6 is 15.9 Å². The largest absolute Gasteiger partial charge is 0.478 e. The van der Waals surface area contributed by atoms with Gasteiger partial charge in [-0.05, 0) is 31.0 Å². The van der Waals surface area contributed by atoms with E-state index in [4.69, 9.17) is 0 Å². The maximum Gasteiger partial charge on any atom is 0.337 e. The van der Waals surface area contributed by atoms with Gasteiger partial charge in [0.2, 0.25) is 5.91 Å². The number of benzene rings is 1. The standard InChI is InChI=1S/C14H17BrN2O3/c1-16(9-13(18)17-6-2-3-7-17)12-8-10(15)4-5-11(12)14(19)20/h4-5,8H,2-3,6-7,9H2,1H3,(H,19,20). The number of carboxylic acids is 1. The lowest BCUT2D eigenvalue weighted by atomic mass is 10.1. The van der Waals surface area contributed by atoms with Gasteiger partial charge in [0.15, 0.2) is 0 Å². The number of nitrogens with zero attached hydrogens (tertiary/aromatic N) is 2. The Morgan fingerprint density at radius 1 is 1.35 bits per heavy atom. The molecule has 1 aromatic rings. The predicted molar refractivity (Wildman–Crippen MR) is 80.2 cm³/mol. The van der Waals surface area contributed by atoms with Crippen LogP contribution in [0.5, 0.6) is 0 Å². The van der Waals surface area contributed by atoms with E-state index in [0.717, 1.165) is 30.4 Å². The summed E-state index contributed by atoms with van der Waals surface area (Å²) in [7, 11) is 1.74. The van der Waals surface area contributed by atoms with Crippen molar-refractivity contribution in [2.24, 2.45) is 0 Å². The molecule has 1 N–H and O–H groups in total. The fourth-order valence-corrected chi connectivity index (χ4v) is 2.71. The van der Waals surface area contributed by atoms with Crippen LogP contribution in [0.2, 0.25) is 0 Å². The number of carboxylic acid groups (broad SMARTS) is 1. The highest BCUT2D eigenvalue weighted by atomic mass is 79.9. The zero-order valence-corrected chi connectivity index (χ0v) is 12.9. The molecule has 1 aromatic carbocycles. The van der Waals surface area contributed by atoms with Gasteiger partial charge >= 0.3 is 5.97 Å². The molecular formula is C14H17BrN2O3. The van der Waals surface area contributed by atoms with Crippen molar-refractivity contribution in [1.29, 1.82) is 0 Å². The Labute approximate surface area is 126 Å². The molecular weight excluding hydrogens is 324 g/mol. The molecule has 0 unspecified atom stereocenters. The van der Waals surface area contributed by atoms with Gasteiger partial charge in [0, 0.05) is 24.6 Å². The molecule has 0 spiro atoms. The van der Waals surface area contributed by atoms with Crippen molar-refractivity contribution in [3.05, 3.63) is 28.2 Å². The van der Waals surface area contributed by atoms with Gasteiger partial charge in [-0.3, -0.25) is 4.79 Å². The summed E-state index contributed by atoms with van der Waals surface area (Å²) in [5.74, 6) is -0.950. The van der Waals surface area contributed by atoms with E-state index in [-0.39, 0.29) is 18.0 Å². The van der Waals surface area contributed by atoms with Crippen LogP contribution in [-0.2, 0) is 4.79 Å². The van der Waals surface area contributed by atoms with E-state index < -0.39 is 5.97 Å². The number of carbonyl (C=O) groups is 2. The Morgan fingerprint density at radius 2 is 2.00 bits per heavy atom. The number of halogens is 1. The van der Waals surface area contributed by atoms with Crippen molar-refractivity contribution in [3.8, 4) is 0 Å². The van der Waals surface area contributed by atoms with E-state index in [1.54, 1.807) is 30.1 Å². The summed E-state index contributed by atoms with van der Waals surface area (Å²) in [6, 6.07) is 4.95. The molecule has 0 aromatic heterocycles. The molecule has 5 nitrogen and oxygen atoms in total. The highest BCUT2D eigenvalue weighted by molar-refractivity contribution is 9.10. The number of anilines is 1.